The number of unbranched alkanes of at least 4 members (excludes halogenated alkanes) is 1. The maximum atomic E-state index is 14.4. The number of esters is 1. The number of likely N-dealkylation sites (tertiary alicyclic amines) is 1. The lowest BCUT2D eigenvalue weighted by atomic mass is 9.65. The topological polar surface area (TPSA) is 96.4 Å². The molecule has 8 nitrogen and oxygen atoms in total. The molecule has 2 unspecified atom stereocenters. The van der Waals surface area contributed by atoms with Gasteiger partial charge in [0.05, 0.1) is 30.8 Å². The highest BCUT2D eigenvalue weighted by Gasteiger charge is 2.79. The van der Waals surface area contributed by atoms with Crippen LogP contribution in [0, 0.1) is 11.8 Å². The van der Waals surface area contributed by atoms with E-state index in [1.54, 1.807) is 17.9 Å². The SMILES string of the molecule is C=CCN(CCCC)C(=O)C1N([C@H](CO)c2ccccc2)C(=O)[C@@H]2[C@H](C(=O)OCC)[C@]3(CC)CCC12O3. The Bertz CT molecular complexity index is 1010. The fourth-order valence-corrected chi connectivity index (χ4v) is 6.86. The largest absolute Gasteiger partial charge is 0.466 e. The van der Waals surface area contributed by atoms with Crippen LogP contribution >= 0.6 is 0 Å². The van der Waals surface area contributed by atoms with E-state index in [1.165, 1.54) is 4.90 Å². The molecule has 8 heteroatoms. The van der Waals surface area contributed by atoms with Crippen LogP contribution in [0.2, 0.25) is 0 Å². The van der Waals surface area contributed by atoms with Gasteiger partial charge in [-0.15, -0.1) is 6.58 Å². The Morgan fingerprint density at radius 2 is 2.00 bits per heavy atom. The van der Waals surface area contributed by atoms with E-state index in [4.69, 9.17) is 9.47 Å². The molecule has 1 aromatic carbocycles. The molecule has 202 valence electrons. The highest BCUT2D eigenvalue weighted by molar-refractivity contribution is 5.99. The summed E-state index contributed by atoms with van der Waals surface area (Å²) in [4.78, 5) is 45.3. The maximum Gasteiger partial charge on any atom is 0.312 e. The lowest BCUT2D eigenvalue weighted by Crippen LogP contribution is -2.57. The zero-order valence-electron chi connectivity index (χ0n) is 22.2. The van der Waals surface area contributed by atoms with E-state index in [2.05, 4.69) is 13.5 Å². The van der Waals surface area contributed by atoms with Gasteiger partial charge in [-0.1, -0.05) is 56.7 Å². The highest BCUT2D eigenvalue weighted by Crippen LogP contribution is 2.65. The summed E-state index contributed by atoms with van der Waals surface area (Å²) in [5.41, 5.74) is -1.27. The molecule has 6 atom stereocenters. The van der Waals surface area contributed by atoms with Crippen LogP contribution in [-0.4, -0.2) is 76.2 Å². The molecule has 1 spiro atoms. The first-order valence-corrected chi connectivity index (χ1v) is 13.6. The van der Waals surface area contributed by atoms with E-state index in [0.29, 0.717) is 32.4 Å². The summed E-state index contributed by atoms with van der Waals surface area (Å²) < 4.78 is 12.2. The number of benzene rings is 1. The van der Waals surface area contributed by atoms with Gasteiger partial charge in [-0.25, -0.2) is 0 Å². The molecule has 0 saturated carbocycles. The van der Waals surface area contributed by atoms with Crippen molar-refractivity contribution in [3.8, 4) is 0 Å². The summed E-state index contributed by atoms with van der Waals surface area (Å²) >= 11 is 0. The monoisotopic (exact) mass is 512 g/mol. The number of nitrogens with zero attached hydrogens (tertiary/aromatic N) is 2. The molecule has 1 aromatic rings. The van der Waals surface area contributed by atoms with Crippen LogP contribution in [0.25, 0.3) is 0 Å². The zero-order chi connectivity index (χ0) is 26.8. The van der Waals surface area contributed by atoms with Gasteiger partial charge in [0.25, 0.3) is 0 Å². The van der Waals surface area contributed by atoms with Gasteiger partial charge in [0.1, 0.15) is 17.6 Å². The number of ether oxygens (including phenoxy) is 2. The van der Waals surface area contributed by atoms with Gasteiger partial charge in [-0.2, -0.15) is 0 Å². The predicted molar refractivity (Wildman–Crippen MR) is 138 cm³/mol. The molecule has 3 fully saturated rings. The average Bonchev–Trinajstić information content (AvgIpc) is 3.51. The lowest BCUT2D eigenvalue weighted by Gasteiger charge is -2.39. The van der Waals surface area contributed by atoms with Crippen LogP contribution in [0.15, 0.2) is 43.0 Å². The van der Waals surface area contributed by atoms with Crippen LogP contribution in [0.1, 0.15) is 64.5 Å². The number of hydrogen-bond donors (Lipinski definition) is 1. The van der Waals surface area contributed by atoms with Gasteiger partial charge in [0, 0.05) is 13.1 Å². The van der Waals surface area contributed by atoms with Crippen molar-refractivity contribution in [1.29, 1.82) is 0 Å². The van der Waals surface area contributed by atoms with Crippen LogP contribution in [0.4, 0.5) is 0 Å². The standard InChI is InChI=1S/C29H40N2O6/c1-5-9-18-30(17-6-2)26(34)24-29-16-15-28(7-3,37-29)23(27(35)36-8-4)22(29)25(33)31(24)21(19-32)20-13-11-10-12-14-20/h6,10-14,21-24,32H,2,5,7-9,15-19H2,1,3-4H3/t21-,22+,23-,24?,28+,29?/m1/s1. The number of carbonyl (C=O) groups is 3. The zero-order valence-corrected chi connectivity index (χ0v) is 22.2. The molecule has 37 heavy (non-hydrogen) atoms. The summed E-state index contributed by atoms with van der Waals surface area (Å²) in [5.74, 6) is -2.65. The fraction of sp³-hybridized carbons (Fsp3) is 0.621. The molecule has 4 rings (SSSR count). The molecular formula is C29H40N2O6. The minimum Gasteiger partial charge on any atom is -0.466 e. The van der Waals surface area contributed by atoms with E-state index >= 15 is 0 Å². The van der Waals surface area contributed by atoms with Crippen molar-refractivity contribution in [2.75, 3.05) is 26.3 Å². The molecule has 0 radical (unpaired) electrons. The average molecular weight is 513 g/mol. The summed E-state index contributed by atoms with van der Waals surface area (Å²) in [6.45, 7) is 10.3. The predicted octanol–water partition coefficient (Wildman–Crippen LogP) is 3.25. The Balaban J connectivity index is 1.86. The smallest absolute Gasteiger partial charge is 0.312 e. The molecule has 3 saturated heterocycles. The number of hydrogen-bond acceptors (Lipinski definition) is 6. The maximum absolute atomic E-state index is 14.4. The Morgan fingerprint density at radius 1 is 1.27 bits per heavy atom. The van der Waals surface area contributed by atoms with Crippen LogP contribution in [0.3, 0.4) is 0 Å². The lowest BCUT2D eigenvalue weighted by molar-refractivity contribution is -0.163. The van der Waals surface area contributed by atoms with E-state index in [1.807, 2.05) is 37.3 Å². The first-order valence-electron chi connectivity index (χ1n) is 13.6. The van der Waals surface area contributed by atoms with Gasteiger partial charge in [-0.3, -0.25) is 14.4 Å². The van der Waals surface area contributed by atoms with Crippen LogP contribution in [0.5, 0.6) is 0 Å². The van der Waals surface area contributed by atoms with Crippen LogP contribution < -0.4 is 0 Å². The number of carbonyl (C=O) groups excluding carboxylic acids is 3. The molecular weight excluding hydrogens is 472 g/mol. The first kappa shape index (κ1) is 27.3. The highest BCUT2D eigenvalue weighted by atomic mass is 16.6. The Labute approximate surface area is 219 Å². The molecule has 2 bridgehead atoms. The van der Waals surface area contributed by atoms with Crippen molar-refractivity contribution in [3.63, 3.8) is 0 Å². The number of amides is 2. The summed E-state index contributed by atoms with van der Waals surface area (Å²) in [6.07, 6.45) is 5.00. The summed E-state index contributed by atoms with van der Waals surface area (Å²) in [5, 5.41) is 10.6. The van der Waals surface area contributed by atoms with E-state index in [-0.39, 0.29) is 25.0 Å². The second-order valence-electron chi connectivity index (χ2n) is 10.4. The minimum atomic E-state index is -1.16. The Morgan fingerprint density at radius 3 is 2.59 bits per heavy atom. The van der Waals surface area contributed by atoms with E-state index in [0.717, 1.165) is 18.4 Å². The summed E-state index contributed by atoms with van der Waals surface area (Å²) in [6, 6.07) is 7.52. The van der Waals surface area contributed by atoms with Gasteiger partial charge in [0.2, 0.25) is 11.8 Å². The second kappa shape index (κ2) is 11.0. The fourth-order valence-electron chi connectivity index (χ4n) is 6.86. The quantitative estimate of drug-likeness (QED) is 0.341. The third kappa shape index (κ3) is 4.28. The minimum absolute atomic E-state index is 0.197. The number of aliphatic hydroxyl groups is 1. The van der Waals surface area contributed by atoms with Gasteiger partial charge >= 0.3 is 5.97 Å². The number of aliphatic hydroxyl groups excluding tert-OH is 1. The van der Waals surface area contributed by atoms with E-state index in [9.17, 15) is 19.5 Å². The van der Waals surface area contributed by atoms with Crippen molar-refractivity contribution in [1.82, 2.24) is 9.80 Å². The van der Waals surface area contributed by atoms with Crippen molar-refractivity contribution in [2.24, 2.45) is 11.8 Å². The second-order valence-corrected chi connectivity index (χ2v) is 10.4. The molecule has 3 aliphatic heterocycles. The third-order valence-electron chi connectivity index (χ3n) is 8.53. The van der Waals surface area contributed by atoms with Crippen molar-refractivity contribution in [2.45, 2.75) is 76.2 Å². The Kier molecular flexibility index (Phi) is 8.09. The van der Waals surface area contributed by atoms with Gasteiger partial charge in [-0.05, 0) is 38.2 Å². The molecule has 0 aromatic heterocycles. The first-order chi connectivity index (χ1) is 17.9. The van der Waals surface area contributed by atoms with Crippen molar-refractivity contribution < 1.29 is 29.0 Å². The molecule has 1 N–H and O–H groups in total. The van der Waals surface area contributed by atoms with Crippen molar-refractivity contribution in [3.05, 3.63) is 48.6 Å². The number of fused-ring (bicyclic) bond motifs is 1. The molecule has 0 aliphatic carbocycles. The number of rotatable bonds is 12. The van der Waals surface area contributed by atoms with Crippen LogP contribution in [-0.2, 0) is 23.9 Å². The Hall–Kier alpha value is -2.71. The van der Waals surface area contributed by atoms with Gasteiger partial charge < -0.3 is 24.4 Å². The van der Waals surface area contributed by atoms with E-state index < -0.39 is 41.1 Å². The van der Waals surface area contributed by atoms with Gasteiger partial charge in [0.15, 0.2) is 0 Å². The summed E-state index contributed by atoms with van der Waals surface area (Å²) in [7, 11) is 0. The third-order valence-corrected chi connectivity index (χ3v) is 8.53. The normalized spacial score (nSPS) is 30.8. The molecule has 3 aliphatic rings. The molecule has 3 heterocycles. The molecule has 2 amide bonds. The van der Waals surface area contributed by atoms with Crippen molar-refractivity contribution >= 4 is 17.8 Å².